The number of anilines is 1. The van der Waals surface area contributed by atoms with Crippen molar-refractivity contribution in [3.8, 4) is 0 Å². The number of aromatic amines is 1. The molecule has 0 aliphatic carbocycles. The number of halogens is 2. The summed E-state index contributed by atoms with van der Waals surface area (Å²) in [5.41, 5.74) is 8.31. The van der Waals surface area contributed by atoms with Crippen LogP contribution in [-0.4, -0.2) is 80.8 Å². The maximum absolute atomic E-state index is 14.0. The third-order valence-electron chi connectivity index (χ3n) is 8.76. The molecule has 0 spiro atoms. The van der Waals surface area contributed by atoms with E-state index in [-0.39, 0.29) is 11.9 Å². The number of imidazole rings is 1. The minimum Gasteiger partial charge on any atom is -0.400 e. The molecule has 1 atom stereocenters. The summed E-state index contributed by atoms with van der Waals surface area (Å²) in [6.45, 7) is 20.1. The molecule has 1 unspecified atom stereocenters. The van der Waals surface area contributed by atoms with Gasteiger partial charge in [-0.05, 0) is 99.9 Å². The van der Waals surface area contributed by atoms with E-state index in [1.54, 1.807) is 18.3 Å². The van der Waals surface area contributed by atoms with Crippen molar-refractivity contribution in [2.24, 2.45) is 4.99 Å². The Bertz CT molecular complexity index is 2110. The monoisotopic (exact) mass is 786 g/mol. The fourth-order valence-electron chi connectivity index (χ4n) is 6.00. The Kier molecular flexibility index (Phi) is 19.3. The Morgan fingerprint density at radius 3 is 2.66 bits per heavy atom. The van der Waals surface area contributed by atoms with Crippen LogP contribution in [0, 0.1) is 19.7 Å². The number of hydrogen-bond acceptors (Lipinski definition) is 8. The minimum atomic E-state index is -0.292. The zero-order chi connectivity index (χ0) is 41.0. The molecule has 0 bridgehead atoms. The molecule has 1 aliphatic rings. The number of aliphatic hydroxyl groups is 1. The number of aryl methyl sites for hydroxylation is 2. The molecule has 1 amide bonds. The Labute approximate surface area is 335 Å². The van der Waals surface area contributed by atoms with Gasteiger partial charge in [0, 0.05) is 42.9 Å². The largest absolute Gasteiger partial charge is 0.400 e. The number of benzene rings is 2. The van der Waals surface area contributed by atoms with Crippen LogP contribution in [0.4, 0.5) is 10.1 Å². The molecule has 5 aromatic rings. The molecule has 11 nitrogen and oxygen atoms in total. The van der Waals surface area contributed by atoms with Crippen molar-refractivity contribution in [3.63, 3.8) is 0 Å². The van der Waals surface area contributed by atoms with Gasteiger partial charge in [-0.25, -0.2) is 14.4 Å². The van der Waals surface area contributed by atoms with Crippen molar-refractivity contribution >= 4 is 52.5 Å². The molecule has 3 aromatic heterocycles. The number of pyridine rings is 1. The van der Waals surface area contributed by atoms with Crippen molar-refractivity contribution < 1.29 is 19.0 Å². The first-order valence-corrected chi connectivity index (χ1v) is 19.3. The number of allylic oxidation sites excluding steroid dienone is 4. The number of aliphatic hydroxyl groups excluding tert-OH is 1. The van der Waals surface area contributed by atoms with E-state index in [2.05, 4.69) is 86.7 Å². The normalized spacial score (nSPS) is 13.5. The van der Waals surface area contributed by atoms with E-state index >= 15 is 0 Å². The van der Waals surface area contributed by atoms with Crippen molar-refractivity contribution in [1.82, 2.24) is 29.6 Å². The van der Waals surface area contributed by atoms with Crippen LogP contribution in [-0.2, 0) is 29.0 Å². The highest BCUT2D eigenvalue weighted by molar-refractivity contribution is 6.30. The molecule has 3 N–H and O–H groups in total. The predicted molar refractivity (Wildman–Crippen MR) is 228 cm³/mol. The molecule has 300 valence electrons. The summed E-state index contributed by atoms with van der Waals surface area (Å²) in [7, 11) is 1.00. The number of aliphatic imine (C=N–C) groups is 1. The lowest BCUT2D eigenvalue weighted by molar-refractivity contribution is -0.105. The van der Waals surface area contributed by atoms with E-state index in [4.69, 9.17) is 26.4 Å². The second-order valence-electron chi connectivity index (χ2n) is 12.8. The van der Waals surface area contributed by atoms with Crippen LogP contribution in [0.3, 0.4) is 0 Å². The van der Waals surface area contributed by atoms with Gasteiger partial charge in [0.05, 0.1) is 47.8 Å². The van der Waals surface area contributed by atoms with Crippen LogP contribution in [0.2, 0.25) is 5.02 Å². The molecule has 0 radical (unpaired) electrons. The third kappa shape index (κ3) is 13.0. The SMILES string of the molecule is C=N/C(=C\C=C/Cc1ccc(Cl)cc1F)C1=CCN(Cc2nc3cc(C)ccc3n2CC(C)OCCC)CC1.CC.CO.Cc1[nH]nc2ncc(NC=O)cc12. The zero-order valence-electron chi connectivity index (χ0n) is 33.6. The van der Waals surface area contributed by atoms with Crippen molar-refractivity contribution in [1.29, 1.82) is 0 Å². The molecular formula is C43H56ClFN8O3. The highest BCUT2D eigenvalue weighted by Crippen LogP contribution is 2.24. The Balaban J connectivity index is 0.000000411. The Morgan fingerprint density at radius 1 is 1.20 bits per heavy atom. The van der Waals surface area contributed by atoms with Gasteiger partial charge in [0.15, 0.2) is 5.65 Å². The number of rotatable bonds is 14. The molecule has 56 heavy (non-hydrogen) atoms. The third-order valence-corrected chi connectivity index (χ3v) is 8.99. The van der Waals surface area contributed by atoms with E-state index in [9.17, 15) is 9.18 Å². The fourth-order valence-corrected chi connectivity index (χ4v) is 6.16. The second-order valence-corrected chi connectivity index (χ2v) is 13.2. The summed E-state index contributed by atoms with van der Waals surface area (Å²) in [6.07, 6.45) is 12.7. The van der Waals surface area contributed by atoms with E-state index in [1.165, 1.54) is 17.2 Å². The van der Waals surface area contributed by atoms with Crippen LogP contribution >= 0.6 is 11.6 Å². The first-order chi connectivity index (χ1) is 27.2. The van der Waals surface area contributed by atoms with E-state index < -0.39 is 0 Å². The van der Waals surface area contributed by atoms with Gasteiger partial charge in [-0.1, -0.05) is 62.7 Å². The van der Waals surface area contributed by atoms with E-state index in [1.807, 2.05) is 45.1 Å². The van der Waals surface area contributed by atoms with E-state index in [0.717, 1.165) is 86.4 Å². The lowest BCUT2D eigenvalue weighted by Gasteiger charge is -2.26. The van der Waals surface area contributed by atoms with Crippen LogP contribution in [0.15, 0.2) is 89.2 Å². The molecule has 2 aromatic carbocycles. The van der Waals surface area contributed by atoms with Gasteiger partial charge in [0.1, 0.15) is 11.6 Å². The summed E-state index contributed by atoms with van der Waals surface area (Å²) >= 11 is 5.84. The van der Waals surface area contributed by atoms with Crippen LogP contribution in [0.5, 0.6) is 0 Å². The fraction of sp³-hybridized carbons (Fsp3) is 0.372. The van der Waals surface area contributed by atoms with Gasteiger partial charge >= 0.3 is 0 Å². The van der Waals surface area contributed by atoms with Crippen LogP contribution in [0.25, 0.3) is 22.1 Å². The zero-order valence-corrected chi connectivity index (χ0v) is 34.4. The van der Waals surface area contributed by atoms with Gasteiger partial charge in [0.2, 0.25) is 6.41 Å². The highest BCUT2D eigenvalue weighted by Gasteiger charge is 2.19. The summed E-state index contributed by atoms with van der Waals surface area (Å²) in [5, 5.41) is 17.6. The van der Waals surface area contributed by atoms with Gasteiger partial charge in [-0.3, -0.25) is 19.8 Å². The maximum Gasteiger partial charge on any atom is 0.211 e. The molecule has 0 fully saturated rings. The van der Waals surface area contributed by atoms with Gasteiger partial charge in [0.25, 0.3) is 0 Å². The van der Waals surface area contributed by atoms with E-state index in [0.29, 0.717) is 34.8 Å². The number of fused-ring (bicyclic) bond motifs is 2. The Morgan fingerprint density at radius 2 is 1.98 bits per heavy atom. The topological polar surface area (TPSA) is 134 Å². The average molecular weight is 787 g/mol. The number of H-pyrrole nitrogens is 1. The number of nitrogens with zero attached hydrogens (tertiary/aromatic N) is 6. The predicted octanol–water partition coefficient (Wildman–Crippen LogP) is 8.94. The first-order valence-electron chi connectivity index (χ1n) is 18.9. The summed E-state index contributed by atoms with van der Waals surface area (Å²) in [5.74, 6) is 0.772. The smallest absolute Gasteiger partial charge is 0.211 e. The summed E-state index contributed by atoms with van der Waals surface area (Å²) in [4.78, 5) is 25.9. The molecule has 0 saturated carbocycles. The molecule has 1 aliphatic heterocycles. The van der Waals surface area contributed by atoms with Crippen molar-refractivity contribution in [2.75, 3.05) is 32.1 Å². The average Bonchev–Trinajstić information content (AvgIpc) is 3.74. The molecule has 0 saturated heterocycles. The number of ether oxygens (including phenoxy) is 1. The molecule has 4 heterocycles. The quantitative estimate of drug-likeness (QED) is 0.0582. The first kappa shape index (κ1) is 45.4. The maximum atomic E-state index is 14.0. The summed E-state index contributed by atoms with van der Waals surface area (Å²) in [6, 6.07) is 13.1. The summed E-state index contributed by atoms with van der Waals surface area (Å²) < 4.78 is 22.3. The number of hydrogen-bond donors (Lipinski definition) is 3. The van der Waals surface area contributed by atoms with Gasteiger partial charge < -0.3 is 19.7 Å². The molecule has 6 rings (SSSR count). The van der Waals surface area contributed by atoms with Crippen LogP contribution < -0.4 is 5.32 Å². The number of amides is 1. The number of carbonyl (C=O) groups excluding carboxylic acids is 1. The highest BCUT2D eigenvalue weighted by atomic mass is 35.5. The minimum absolute atomic E-state index is 0.117. The van der Waals surface area contributed by atoms with Gasteiger partial charge in [-0.2, -0.15) is 5.10 Å². The van der Waals surface area contributed by atoms with Crippen molar-refractivity contribution in [3.05, 3.63) is 118 Å². The standard InChI is InChI=1S/C32H38ClFN4O.C8H8N4O.C2H6.CH4O/c1-5-18-39-24(3)21-38-31-13-10-23(2)19-30(31)36-32(38)22-37-16-14-26(15-17-37)29(35-4)9-7-6-8-25-11-12-27(33)20-28(25)34;1-5-7-2-6(10-4-13)3-9-8(7)12-11-5;2*1-2/h6-7,9-14,19-20,24H,4-5,8,15-18,21-22H2,1-3H3;2-4H,1H3,(H,10,13)(H,9,11,12);1-2H3;2H,1H3/b7-6-,29-9-;;;. The molecule has 13 heteroatoms. The Hall–Kier alpha value is -5.01. The van der Waals surface area contributed by atoms with Gasteiger partial charge in [-0.15, -0.1) is 0 Å². The lowest BCUT2D eigenvalue weighted by Crippen LogP contribution is -2.30. The van der Waals surface area contributed by atoms with Crippen LogP contribution in [0.1, 0.15) is 63.2 Å². The number of aromatic nitrogens is 5. The molecular weight excluding hydrogens is 731 g/mol. The lowest BCUT2D eigenvalue weighted by atomic mass is 10.0. The van der Waals surface area contributed by atoms with Crippen molar-refractivity contribution in [2.45, 2.75) is 80.0 Å². The second kappa shape index (κ2) is 23.8. The number of carbonyl (C=O) groups is 1. The number of nitrogens with one attached hydrogen (secondary N) is 2.